The fraction of sp³-hybridized carbons (Fsp3) is 0.818. The van der Waals surface area contributed by atoms with Gasteiger partial charge in [-0.2, -0.15) is 5.10 Å². The van der Waals surface area contributed by atoms with Crippen LogP contribution in [0.5, 0.6) is 0 Å². The highest BCUT2D eigenvalue weighted by Crippen LogP contribution is 2.20. The van der Waals surface area contributed by atoms with Crippen LogP contribution >= 0.6 is 0 Å². The van der Waals surface area contributed by atoms with E-state index in [1.165, 1.54) is 6.42 Å². The molecule has 3 N–H and O–H groups in total. The van der Waals surface area contributed by atoms with Crippen LogP contribution in [0.15, 0.2) is 5.10 Å². The zero-order valence-corrected chi connectivity index (χ0v) is 10.2. The molecular weight excluding hydrogens is 190 g/mol. The quantitative estimate of drug-likeness (QED) is 0.516. The first-order valence-electron chi connectivity index (χ1n) is 5.56. The average Bonchev–Trinajstić information content (AvgIpc) is 2.15. The Hall–Kier alpha value is -1.06. The van der Waals surface area contributed by atoms with Gasteiger partial charge >= 0.3 is 6.03 Å². The maximum atomic E-state index is 10.4. The Morgan fingerprint density at radius 1 is 1.47 bits per heavy atom. The van der Waals surface area contributed by atoms with Gasteiger partial charge < -0.3 is 5.73 Å². The summed E-state index contributed by atoms with van der Waals surface area (Å²) in [6.45, 7) is 8.59. The number of hydrazone groups is 1. The van der Waals surface area contributed by atoms with Gasteiger partial charge in [0.25, 0.3) is 0 Å². The van der Waals surface area contributed by atoms with Gasteiger partial charge in [-0.1, -0.05) is 27.2 Å². The van der Waals surface area contributed by atoms with Crippen molar-refractivity contribution < 1.29 is 4.79 Å². The Bertz CT molecular complexity index is 224. The number of hydrogen-bond donors (Lipinski definition) is 2. The Balaban J connectivity index is 3.92. The fourth-order valence-electron chi connectivity index (χ4n) is 1.61. The highest BCUT2D eigenvalue weighted by Gasteiger charge is 2.10. The van der Waals surface area contributed by atoms with Crippen LogP contribution in [0.2, 0.25) is 0 Å². The van der Waals surface area contributed by atoms with Crippen LogP contribution in [0.3, 0.4) is 0 Å². The number of primary amides is 1. The van der Waals surface area contributed by atoms with Crippen molar-refractivity contribution in [3.05, 3.63) is 0 Å². The molecule has 0 aromatic rings. The van der Waals surface area contributed by atoms with Gasteiger partial charge in [-0.05, 0) is 31.6 Å². The molecule has 0 rings (SSSR count). The van der Waals surface area contributed by atoms with Gasteiger partial charge in [-0.3, -0.25) is 0 Å². The predicted octanol–water partition coefficient (Wildman–Crippen LogP) is 2.49. The number of carbonyl (C=O) groups is 1. The van der Waals surface area contributed by atoms with E-state index in [1.54, 1.807) is 0 Å². The zero-order chi connectivity index (χ0) is 11.8. The second-order valence-corrected chi connectivity index (χ2v) is 4.27. The van der Waals surface area contributed by atoms with Crippen molar-refractivity contribution in [1.82, 2.24) is 5.43 Å². The van der Waals surface area contributed by atoms with Gasteiger partial charge in [0.05, 0.1) is 0 Å². The first-order chi connectivity index (χ1) is 6.97. The van der Waals surface area contributed by atoms with Crippen molar-refractivity contribution in [3.8, 4) is 0 Å². The molecule has 4 heteroatoms. The molecule has 0 aliphatic heterocycles. The van der Waals surface area contributed by atoms with E-state index in [-0.39, 0.29) is 0 Å². The smallest absolute Gasteiger partial charge is 0.332 e. The van der Waals surface area contributed by atoms with E-state index in [0.717, 1.165) is 24.5 Å². The number of hydrogen-bond acceptors (Lipinski definition) is 2. The lowest BCUT2D eigenvalue weighted by Gasteiger charge is -2.18. The Labute approximate surface area is 92.3 Å². The minimum absolute atomic E-state index is 0.606. The summed E-state index contributed by atoms with van der Waals surface area (Å²) < 4.78 is 0. The van der Waals surface area contributed by atoms with Crippen molar-refractivity contribution in [2.75, 3.05) is 0 Å². The van der Waals surface area contributed by atoms with Gasteiger partial charge in [0, 0.05) is 5.71 Å². The second kappa shape index (κ2) is 7.26. The summed E-state index contributed by atoms with van der Waals surface area (Å²) in [5, 5.41) is 3.88. The number of urea groups is 1. The molecule has 0 bridgehead atoms. The second-order valence-electron chi connectivity index (χ2n) is 4.27. The molecule has 88 valence electrons. The van der Waals surface area contributed by atoms with Crippen LogP contribution in [0.4, 0.5) is 4.79 Å². The van der Waals surface area contributed by atoms with E-state index in [0.29, 0.717) is 5.92 Å². The zero-order valence-electron chi connectivity index (χ0n) is 10.2. The van der Waals surface area contributed by atoms with Crippen molar-refractivity contribution in [3.63, 3.8) is 0 Å². The first kappa shape index (κ1) is 13.9. The summed E-state index contributed by atoms with van der Waals surface area (Å²) in [5.41, 5.74) is 8.08. The highest BCUT2D eigenvalue weighted by molar-refractivity contribution is 5.83. The van der Waals surface area contributed by atoms with E-state index in [4.69, 9.17) is 5.73 Å². The molecule has 0 heterocycles. The van der Waals surface area contributed by atoms with Crippen LogP contribution in [0, 0.1) is 11.8 Å². The van der Waals surface area contributed by atoms with E-state index >= 15 is 0 Å². The fourth-order valence-corrected chi connectivity index (χ4v) is 1.61. The number of rotatable bonds is 6. The van der Waals surface area contributed by atoms with Crippen LogP contribution in [-0.4, -0.2) is 11.7 Å². The molecule has 2 amide bonds. The average molecular weight is 213 g/mol. The van der Waals surface area contributed by atoms with Crippen LogP contribution in [0.1, 0.15) is 47.0 Å². The van der Waals surface area contributed by atoms with E-state index < -0.39 is 6.03 Å². The summed E-state index contributed by atoms with van der Waals surface area (Å²) in [4.78, 5) is 10.4. The molecule has 4 nitrogen and oxygen atoms in total. The molecular formula is C11H23N3O. The van der Waals surface area contributed by atoms with E-state index in [1.807, 2.05) is 6.92 Å². The summed E-state index contributed by atoms with van der Waals surface area (Å²) in [5.74, 6) is 1.43. The summed E-state index contributed by atoms with van der Waals surface area (Å²) in [6, 6.07) is -0.606. The van der Waals surface area contributed by atoms with Crippen molar-refractivity contribution >= 4 is 11.7 Å². The SMILES string of the molecule is CC[C@H](CC/C(C)=N/NC(N)=O)C(C)C. The summed E-state index contributed by atoms with van der Waals surface area (Å²) >= 11 is 0. The van der Waals surface area contributed by atoms with Crippen molar-refractivity contribution in [2.24, 2.45) is 22.7 Å². The molecule has 0 saturated heterocycles. The molecule has 15 heavy (non-hydrogen) atoms. The number of nitrogens with zero attached hydrogens (tertiary/aromatic N) is 1. The Kier molecular flexibility index (Phi) is 6.75. The minimum Gasteiger partial charge on any atom is -0.350 e. The molecule has 0 aliphatic carbocycles. The van der Waals surface area contributed by atoms with Crippen molar-refractivity contribution in [2.45, 2.75) is 47.0 Å². The third-order valence-electron chi connectivity index (χ3n) is 2.70. The molecule has 1 atom stereocenters. The maximum absolute atomic E-state index is 10.4. The molecule has 0 fully saturated rings. The molecule has 0 aliphatic rings. The largest absolute Gasteiger partial charge is 0.350 e. The van der Waals surface area contributed by atoms with Crippen LogP contribution < -0.4 is 11.2 Å². The van der Waals surface area contributed by atoms with Gasteiger partial charge in [-0.25, -0.2) is 10.2 Å². The molecule has 0 saturated carbocycles. The van der Waals surface area contributed by atoms with Crippen LogP contribution in [-0.2, 0) is 0 Å². The van der Waals surface area contributed by atoms with Gasteiger partial charge in [0.2, 0.25) is 0 Å². The third-order valence-corrected chi connectivity index (χ3v) is 2.70. The van der Waals surface area contributed by atoms with Gasteiger partial charge in [0.1, 0.15) is 0 Å². The van der Waals surface area contributed by atoms with E-state index in [2.05, 4.69) is 31.3 Å². The lowest BCUT2D eigenvalue weighted by atomic mass is 9.88. The number of amides is 2. The number of nitrogens with two attached hydrogens (primary N) is 1. The number of carbonyl (C=O) groups excluding carboxylic acids is 1. The Morgan fingerprint density at radius 3 is 2.47 bits per heavy atom. The van der Waals surface area contributed by atoms with Gasteiger partial charge in [0.15, 0.2) is 0 Å². The normalized spacial score (nSPS) is 14.1. The van der Waals surface area contributed by atoms with Gasteiger partial charge in [-0.15, -0.1) is 0 Å². The Morgan fingerprint density at radius 2 is 2.07 bits per heavy atom. The van der Waals surface area contributed by atoms with E-state index in [9.17, 15) is 4.79 Å². The number of nitrogens with one attached hydrogen (secondary N) is 1. The first-order valence-corrected chi connectivity index (χ1v) is 5.56. The predicted molar refractivity (Wildman–Crippen MR) is 63.7 cm³/mol. The minimum atomic E-state index is -0.606. The summed E-state index contributed by atoms with van der Waals surface area (Å²) in [7, 11) is 0. The molecule has 0 aromatic carbocycles. The highest BCUT2D eigenvalue weighted by atomic mass is 16.2. The van der Waals surface area contributed by atoms with Crippen LogP contribution in [0.25, 0.3) is 0 Å². The lowest BCUT2D eigenvalue weighted by molar-refractivity contribution is 0.249. The molecule has 0 radical (unpaired) electrons. The molecule has 0 aromatic heterocycles. The molecule has 0 unspecified atom stereocenters. The standard InChI is InChI=1S/C11H23N3O/c1-5-10(8(2)3)7-6-9(4)13-14-11(12)15/h8,10H,5-7H2,1-4H3,(H3,12,14,15)/b13-9+/t10-/m1/s1. The molecule has 0 spiro atoms. The monoisotopic (exact) mass is 213 g/mol. The maximum Gasteiger partial charge on any atom is 0.332 e. The summed E-state index contributed by atoms with van der Waals surface area (Å²) in [6.07, 6.45) is 3.22. The lowest BCUT2D eigenvalue weighted by Crippen LogP contribution is -2.25. The third kappa shape index (κ3) is 6.94. The van der Waals surface area contributed by atoms with Crippen molar-refractivity contribution in [1.29, 1.82) is 0 Å². The topological polar surface area (TPSA) is 67.5 Å².